The van der Waals surface area contributed by atoms with E-state index in [0.717, 1.165) is 0 Å². The minimum absolute atomic E-state index is 0.200. The molecule has 0 saturated carbocycles. The summed E-state index contributed by atoms with van der Waals surface area (Å²) in [4.78, 5) is 0. The molecule has 1 saturated heterocycles. The maximum Gasteiger partial charge on any atom is 0.127 e. The molecule has 0 bridgehead atoms. The Morgan fingerprint density at radius 2 is 2.16 bits per heavy atom. The summed E-state index contributed by atoms with van der Waals surface area (Å²) in [5, 5.41) is 4.96. The molecule has 19 heavy (non-hydrogen) atoms. The van der Waals surface area contributed by atoms with Gasteiger partial charge in [0.25, 0.3) is 0 Å². The van der Waals surface area contributed by atoms with E-state index in [1.54, 1.807) is 12.1 Å². The lowest BCUT2D eigenvalue weighted by Crippen LogP contribution is -2.44. The Bertz CT molecular complexity index is 410. The van der Waals surface area contributed by atoms with Gasteiger partial charge >= 0.3 is 0 Å². The molecule has 1 aliphatic rings. The summed E-state index contributed by atoms with van der Waals surface area (Å²) in [6, 6.07) is 5.16. The van der Waals surface area contributed by atoms with Gasteiger partial charge in [0.1, 0.15) is 5.82 Å². The van der Waals surface area contributed by atoms with Crippen molar-refractivity contribution < 1.29 is 4.39 Å². The Balaban J connectivity index is 2.14. The van der Waals surface area contributed by atoms with E-state index in [1.807, 2.05) is 30.6 Å². The first kappa shape index (κ1) is 15.5. The summed E-state index contributed by atoms with van der Waals surface area (Å²) in [6.45, 7) is 2.26. The third-order valence-electron chi connectivity index (χ3n) is 3.49. The van der Waals surface area contributed by atoms with Gasteiger partial charge in [-0.25, -0.2) is 4.39 Å². The third kappa shape index (κ3) is 3.81. The molecule has 2 rings (SSSR count). The van der Waals surface area contributed by atoms with Crippen LogP contribution in [-0.4, -0.2) is 35.1 Å². The highest BCUT2D eigenvalue weighted by Crippen LogP contribution is 2.34. The molecular formula is C14H19ClFNS2. The van der Waals surface area contributed by atoms with Crippen LogP contribution in [0, 0.1) is 5.82 Å². The number of benzene rings is 1. The zero-order chi connectivity index (χ0) is 13.8. The molecule has 1 N–H and O–H groups in total. The number of thioether (sulfide) groups is 2. The van der Waals surface area contributed by atoms with Crippen LogP contribution in [0.2, 0.25) is 5.02 Å². The van der Waals surface area contributed by atoms with Crippen molar-refractivity contribution in [2.24, 2.45) is 0 Å². The Kier molecular flexibility index (Phi) is 5.87. The Morgan fingerprint density at radius 1 is 1.42 bits per heavy atom. The van der Waals surface area contributed by atoms with Crippen molar-refractivity contribution in [3.05, 3.63) is 34.6 Å². The molecule has 5 heteroatoms. The van der Waals surface area contributed by atoms with Crippen molar-refractivity contribution in [3.63, 3.8) is 0 Å². The van der Waals surface area contributed by atoms with E-state index in [-0.39, 0.29) is 11.9 Å². The minimum atomic E-state index is -0.200. The predicted molar refractivity (Wildman–Crippen MR) is 86.1 cm³/mol. The molecule has 0 aliphatic carbocycles. The Morgan fingerprint density at radius 3 is 2.79 bits per heavy atom. The number of nitrogens with one attached hydrogen (secondary N) is 1. The molecule has 0 aromatic heterocycles. The highest BCUT2D eigenvalue weighted by atomic mass is 35.5. The van der Waals surface area contributed by atoms with Crippen molar-refractivity contribution in [1.29, 1.82) is 0 Å². The summed E-state index contributed by atoms with van der Waals surface area (Å²) in [5.41, 5.74) is 0.631. The molecule has 0 amide bonds. The van der Waals surface area contributed by atoms with Crippen LogP contribution in [-0.2, 0) is 6.42 Å². The highest BCUT2D eigenvalue weighted by Gasteiger charge is 2.30. The minimum Gasteiger partial charge on any atom is -0.316 e. The van der Waals surface area contributed by atoms with E-state index in [2.05, 4.69) is 12.2 Å². The fraction of sp³-hybridized carbons (Fsp3) is 0.571. The largest absolute Gasteiger partial charge is 0.316 e. The van der Waals surface area contributed by atoms with Gasteiger partial charge in [-0.1, -0.05) is 24.6 Å². The van der Waals surface area contributed by atoms with E-state index in [0.29, 0.717) is 27.5 Å². The van der Waals surface area contributed by atoms with Crippen LogP contribution >= 0.6 is 35.1 Å². The second-order valence-corrected chi connectivity index (χ2v) is 7.89. The summed E-state index contributed by atoms with van der Waals surface area (Å²) < 4.78 is 13.9. The topological polar surface area (TPSA) is 12.0 Å². The number of hydrogen-bond donors (Lipinski definition) is 1. The van der Waals surface area contributed by atoms with Crippen LogP contribution in [0.25, 0.3) is 0 Å². The molecule has 3 unspecified atom stereocenters. The monoisotopic (exact) mass is 319 g/mol. The third-order valence-corrected chi connectivity index (χ3v) is 7.10. The van der Waals surface area contributed by atoms with Crippen molar-refractivity contribution in [2.75, 3.05) is 18.6 Å². The first-order valence-corrected chi connectivity index (χ1v) is 8.94. The van der Waals surface area contributed by atoms with Crippen LogP contribution in [0.15, 0.2) is 18.2 Å². The smallest absolute Gasteiger partial charge is 0.127 e. The van der Waals surface area contributed by atoms with Crippen molar-refractivity contribution in [3.8, 4) is 0 Å². The van der Waals surface area contributed by atoms with Gasteiger partial charge < -0.3 is 5.32 Å². The SMILES string of the molecule is CNC(Cc1c(F)cccc1Cl)C1SCCSC1C. The summed E-state index contributed by atoms with van der Waals surface area (Å²) in [7, 11) is 1.95. The van der Waals surface area contributed by atoms with E-state index in [9.17, 15) is 4.39 Å². The lowest BCUT2D eigenvalue weighted by molar-refractivity contribution is 0.513. The zero-order valence-corrected chi connectivity index (χ0v) is 13.5. The van der Waals surface area contributed by atoms with E-state index in [1.165, 1.54) is 17.6 Å². The van der Waals surface area contributed by atoms with Gasteiger partial charge in [-0.05, 0) is 25.6 Å². The highest BCUT2D eigenvalue weighted by molar-refractivity contribution is 8.07. The molecule has 3 atom stereocenters. The Hall–Kier alpha value is 0.1000. The zero-order valence-electron chi connectivity index (χ0n) is 11.2. The molecule has 1 heterocycles. The second-order valence-electron chi connectivity index (χ2n) is 4.71. The molecule has 1 nitrogen and oxygen atoms in total. The van der Waals surface area contributed by atoms with Gasteiger partial charge in [0, 0.05) is 38.6 Å². The van der Waals surface area contributed by atoms with Crippen LogP contribution in [0.4, 0.5) is 4.39 Å². The Labute approximate surface area is 128 Å². The molecule has 0 radical (unpaired) electrons. The van der Waals surface area contributed by atoms with Crippen LogP contribution in [0.5, 0.6) is 0 Å². The first-order chi connectivity index (χ1) is 9.13. The summed E-state index contributed by atoms with van der Waals surface area (Å²) in [6.07, 6.45) is 0.643. The molecular weight excluding hydrogens is 301 g/mol. The van der Waals surface area contributed by atoms with E-state index in [4.69, 9.17) is 11.6 Å². The van der Waals surface area contributed by atoms with Crippen LogP contribution in [0.3, 0.4) is 0 Å². The summed E-state index contributed by atoms with van der Waals surface area (Å²) >= 11 is 10.1. The van der Waals surface area contributed by atoms with Gasteiger partial charge in [-0.15, -0.1) is 0 Å². The van der Waals surface area contributed by atoms with Crippen molar-refractivity contribution in [1.82, 2.24) is 5.32 Å². The quantitative estimate of drug-likeness (QED) is 0.905. The van der Waals surface area contributed by atoms with Crippen molar-refractivity contribution in [2.45, 2.75) is 29.9 Å². The standard InChI is InChI=1S/C14H19ClFNS2/c1-9-14(19-7-6-18-9)13(17-2)8-10-11(15)4-3-5-12(10)16/h3-5,9,13-14,17H,6-8H2,1-2H3. The van der Waals surface area contributed by atoms with Gasteiger partial charge in [0.2, 0.25) is 0 Å². The lowest BCUT2D eigenvalue weighted by Gasteiger charge is -2.34. The summed E-state index contributed by atoms with van der Waals surface area (Å²) in [5.74, 6) is 2.18. The fourth-order valence-electron chi connectivity index (χ4n) is 2.42. The van der Waals surface area contributed by atoms with Crippen LogP contribution < -0.4 is 5.32 Å². The maximum absolute atomic E-state index is 13.9. The van der Waals surface area contributed by atoms with Gasteiger partial charge in [0.15, 0.2) is 0 Å². The number of halogens is 2. The predicted octanol–water partition coefficient (Wildman–Crippen LogP) is 3.85. The van der Waals surface area contributed by atoms with E-state index < -0.39 is 0 Å². The maximum atomic E-state index is 13.9. The van der Waals surface area contributed by atoms with Crippen LogP contribution in [0.1, 0.15) is 12.5 Å². The number of rotatable bonds is 4. The number of hydrogen-bond acceptors (Lipinski definition) is 3. The average molecular weight is 320 g/mol. The fourth-order valence-corrected chi connectivity index (χ4v) is 5.66. The molecule has 1 aromatic carbocycles. The van der Waals surface area contributed by atoms with E-state index >= 15 is 0 Å². The molecule has 106 valence electrons. The van der Waals surface area contributed by atoms with Gasteiger partial charge in [-0.3, -0.25) is 0 Å². The normalized spacial score (nSPS) is 25.3. The van der Waals surface area contributed by atoms with Gasteiger partial charge in [-0.2, -0.15) is 23.5 Å². The second kappa shape index (κ2) is 7.21. The number of likely N-dealkylation sites (N-methyl/N-ethyl adjacent to an activating group) is 1. The van der Waals surface area contributed by atoms with Crippen molar-refractivity contribution >= 4 is 35.1 Å². The first-order valence-electron chi connectivity index (χ1n) is 6.47. The lowest BCUT2D eigenvalue weighted by atomic mass is 10.0. The molecule has 0 spiro atoms. The molecule has 1 aliphatic heterocycles. The molecule has 1 aromatic rings. The van der Waals surface area contributed by atoms with Gasteiger partial charge in [0.05, 0.1) is 0 Å². The average Bonchev–Trinajstić information content (AvgIpc) is 2.40. The molecule has 1 fully saturated rings.